The molecule has 44 heavy (non-hydrogen) atoms. The molecule has 0 bridgehead atoms. The maximum atomic E-state index is 12.8. The highest BCUT2D eigenvalue weighted by atomic mass is 35.5. The lowest BCUT2D eigenvalue weighted by atomic mass is 10.0. The minimum Gasteiger partial charge on any atom is -0.468 e. The highest BCUT2D eigenvalue weighted by molar-refractivity contribution is 7.85. The first-order valence-corrected chi connectivity index (χ1v) is 15.8. The van der Waals surface area contributed by atoms with Crippen LogP contribution in [0.5, 0.6) is 10.8 Å². The average Bonchev–Trinajstić information content (AvgIpc) is 3.40. The van der Waals surface area contributed by atoms with Gasteiger partial charge in [0.05, 0.1) is 12.0 Å². The summed E-state index contributed by atoms with van der Waals surface area (Å²) in [6.45, 7) is 2.35. The van der Waals surface area contributed by atoms with Crippen LogP contribution in [0.15, 0.2) is 89.8 Å². The maximum Gasteiger partial charge on any atom is 0.348 e. The van der Waals surface area contributed by atoms with Gasteiger partial charge in [0.15, 0.2) is 5.06 Å². The van der Waals surface area contributed by atoms with Crippen molar-refractivity contribution < 1.29 is 41.6 Å². The van der Waals surface area contributed by atoms with E-state index >= 15 is 0 Å². The van der Waals surface area contributed by atoms with Gasteiger partial charge in [0.2, 0.25) is 0 Å². The standard InChI is InChI=1S/C25H22ClNO6S.C6H6O3S/c1-15(28)32-20-10-6-4-8-18(20)24(29)33-22-13-16-14-27(12-11-21(16)34-22)23(25(30)31-2)17-7-3-5-9-19(17)26;7-10(8,9)6-4-2-1-3-5-6/h3-10,13,23H,11-12,14H2,1-2H3;1-5H,(H,7,8,9)/t23-;/m0./s1. The summed E-state index contributed by atoms with van der Waals surface area (Å²) >= 11 is 7.77. The van der Waals surface area contributed by atoms with Crippen LogP contribution in [0.1, 0.15) is 39.3 Å². The molecule has 0 radical (unpaired) electrons. The van der Waals surface area contributed by atoms with Crippen LogP contribution in [-0.4, -0.2) is 49.4 Å². The number of fused-ring (bicyclic) bond motifs is 1. The number of ether oxygens (including phenoxy) is 3. The summed E-state index contributed by atoms with van der Waals surface area (Å²) < 4.78 is 45.0. The first-order chi connectivity index (χ1) is 21.0. The summed E-state index contributed by atoms with van der Waals surface area (Å²) in [5, 5.41) is 0.928. The number of esters is 3. The summed E-state index contributed by atoms with van der Waals surface area (Å²) in [6.07, 6.45) is 0.680. The monoisotopic (exact) mass is 657 g/mol. The summed E-state index contributed by atoms with van der Waals surface area (Å²) in [7, 11) is -2.64. The molecule has 0 saturated heterocycles. The fourth-order valence-electron chi connectivity index (χ4n) is 4.50. The van der Waals surface area contributed by atoms with E-state index in [4.69, 9.17) is 30.4 Å². The third-order valence-electron chi connectivity index (χ3n) is 6.46. The zero-order valence-corrected chi connectivity index (χ0v) is 26.0. The second-order valence-electron chi connectivity index (χ2n) is 9.45. The molecule has 1 aliphatic rings. The van der Waals surface area contributed by atoms with Crippen LogP contribution in [0.4, 0.5) is 0 Å². The third-order valence-corrected chi connectivity index (χ3v) is 8.79. The van der Waals surface area contributed by atoms with Gasteiger partial charge < -0.3 is 14.2 Å². The smallest absolute Gasteiger partial charge is 0.348 e. The minimum absolute atomic E-state index is 0.0741. The SMILES string of the molecule is COC(=O)[C@H](c1ccccc1Cl)N1CCc2sc(OC(=O)c3ccccc3OC(C)=O)cc2C1.O=S(=O)(O)c1ccccc1. The molecule has 0 aliphatic carbocycles. The van der Waals surface area contributed by atoms with Gasteiger partial charge in [-0.3, -0.25) is 14.2 Å². The molecule has 1 aliphatic heterocycles. The number of para-hydroxylation sites is 1. The molecule has 5 rings (SSSR count). The molecule has 1 N–H and O–H groups in total. The normalized spacial score (nSPS) is 13.5. The van der Waals surface area contributed by atoms with E-state index in [0.717, 1.165) is 10.4 Å². The Kier molecular flexibility index (Phi) is 10.9. The molecule has 4 aromatic rings. The van der Waals surface area contributed by atoms with Crippen LogP contribution in [0.2, 0.25) is 5.02 Å². The van der Waals surface area contributed by atoms with E-state index in [-0.39, 0.29) is 22.2 Å². The Morgan fingerprint density at radius 1 is 0.955 bits per heavy atom. The Hall–Kier alpha value is -4.07. The third kappa shape index (κ3) is 8.30. The van der Waals surface area contributed by atoms with Crippen LogP contribution in [-0.2, 0) is 37.4 Å². The second-order valence-corrected chi connectivity index (χ2v) is 12.4. The van der Waals surface area contributed by atoms with E-state index in [1.807, 2.05) is 23.1 Å². The number of nitrogens with zero attached hydrogens (tertiary/aromatic N) is 1. The molecule has 0 amide bonds. The van der Waals surface area contributed by atoms with Gasteiger partial charge in [-0.1, -0.05) is 60.1 Å². The minimum atomic E-state index is -4.00. The molecular formula is C31H28ClNO9S2. The molecule has 2 heterocycles. The van der Waals surface area contributed by atoms with Gasteiger partial charge in [0, 0.05) is 29.9 Å². The van der Waals surface area contributed by atoms with Gasteiger partial charge in [-0.2, -0.15) is 8.42 Å². The van der Waals surface area contributed by atoms with Crippen LogP contribution in [0.3, 0.4) is 0 Å². The number of rotatable bonds is 7. The highest BCUT2D eigenvalue weighted by Gasteiger charge is 2.33. The lowest BCUT2D eigenvalue weighted by Crippen LogP contribution is -2.38. The number of thiophene rings is 1. The predicted molar refractivity (Wildman–Crippen MR) is 164 cm³/mol. The van der Waals surface area contributed by atoms with Gasteiger partial charge in [-0.05, 0) is 53.9 Å². The fourth-order valence-corrected chi connectivity index (χ4v) is 6.25. The lowest BCUT2D eigenvalue weighted by molar-refractivity contribution is -0.147. The van der Waals surface area contributed by atoms with Crippen molar-refractivity contribution in [1.29, 1.82) is 0 Å². The van der Waals surface area contributed by atoms with E-state index in [0.29, 0.717) is 35.2 Å². The average molecular weight is 658 g/mol. The highest BCUT2D eigenvalue weighted by Crippen LogP contribution is 2.38. The Morgan fingerprint density at radius 3 is 2.25 bits per heavy atom. The molecule has 0 saturated carbocycles. The molecule has 1 aromatic heterocycles. The lowest BCUT2D eigenvalue weighted by Gasteiger charge is -2.33. The molecule has 13 heteroatoms. The maximum absolute atomic E-state index is 12.8. The topological polar surface area (TPSA) is 137 Å². The number of methoxy groups -OCH3 is 1. The van der Waals surface area contributed by atoms with Crippen LogP contribution in [0.25, 0.3) is 0 Å². The Bertz CT molecular complexity index is 1760. The molecular weight excluding hydrogens is 630 g/mol. The molecule has 0 spiro atoms. The second kappa shape index (κ2) is 14.6. The summed E-state index contributed by atoms with van der Waals surface area (Å²) in [5.41, 5.74) is 1.81. The van der Waals surface area contributed by atoms with Gasteiger partial charge in [-0.15, -0.1) is 11.3 Å². The van der Waals surface area contributed by atoms with Crippen LogP contribution in [0, 0.1) is 0 Å². The van der Waals surface area contributed by atoms with Crippen LogP contribution >= 0.6 is 22.9 Å². The van der Waals surface area contributed by atoms with Crippen molar-refractivity contribution >= 4 is 51.0 Å². The summed E-state index contributed by atoms with van der Waals surface area (Å²) in [4.78, 5) is 39.8. The van der Waals surface area contributed by atoms with Crippen molar-refractivity contribution in [3.05, 3.63) is 112 Å². The zero-order chi connectivity index (χ0) is 31.9. The van der Waals surface area contributed by atoms with Crippen molar-refractivity contribution in [1.82, 2.24) is 4.90 Å². The van der Waals surface area contributed by atoms with Crippen molar-refractivity contribution in [2.75, 3.05) is 13.7 Å². The molecule has 0 unspecified atom stereocenters. The summed E-state index contributed by atoms with van der Waals surface area (Å²) in [6, 6.07) is 22.2. The predicted octanol–water partition coefficient (Wildman–Crippen LogP) is 5.75. The van der Waals surface area contributed by atoms with Gasteiger partial charge in [-0.25, -0.2) is 9.59 Å². The Labute approximate surface area is 263 Å². The quantitative estimate of drug-likeness (QED) is 0.149. The Morgan fingerprint density at radius 2 is 1.61 bits per heavy atom. The van der Waals surface area contributed by atoms with Gasteiger partial charge >= 0.3 is 17.9 Å². The largest absolute Gasteiger partial charge is 0.468 e. The van der Waals surface area contributed by atoms with E-state index in [1.54, 1.807) is 48.5 Å². The van der Waals surface area contributed by atoms with E-state index in [2.05, 4.69) is 0 Å². The van der Waals surface area contributed by atoms with Crippen molar-refractivity contribution in [3.63, 3.8) is 0 Å². The van der Waals surface area contributed by atoms with E-state index in [9.17, 15) is 22.8 Å². The number of hydrogen-bond acceptors (Lipinski definition) is 10. The molecule has 230 valence electrons. The number of carbonyl (C=O) groups is 3. The number of halogens is 1. The number of carbonyl (C=O) groups excluding carboxylic acids is 3. The van der Waals surface area contributed by atoms with Crippen molar-refractivity contribution in [2.24, 2.45) is 0 Å². The molecule has 3 aromatic carbocycles. The number of benzene rings is 3. The van der Waals surface area contributed by atoms with Gasteiger partial charge in [0.1, 0.15) is 17.4 Å². The van der Waals surface area contributed by atoms with Crippen molar-refractivity contribution in [2.45, 2.75) is 30.8 Å². The van der Waals surface area contributed by atoms with E-state index < -0.39 is 28.1 Å². The molecule has 1 atom stereocenters. The first kappa shape index (κ1) is 32.8. The molecule has 10 nitrogen and oxygen atoms in total. The van der Waals surface area contributed by atoms with Crippen molar-refractivity contribution in [3.8, 4) is 10.8 Å². The fraction of sp³-hybridized carbons (Fsp3) is 0.194. The zero-order valence-electron chi connectivity index (χ0n) is 23.6. The Balaban J connectivity index is 0.000000375. The molecule has 0 fully saturated rings. The summed E-state index contributed by atoms with van der Waals surface area (Å²) in [5.74, 6) is -1.38. The first-order valence-electron chi connectivity index (χ1n) is 13.2. The number of hydrogen-bond donors (Lipinski definition) is 1. The van der Waals surface area contributed by atoms with Gasteiger partial charge in [0.25, 0.3) is 10.1 Å². The van der Waals surface area contributed by atoms with E-state index in [1.165, 1.54) is 43.6 Å². The van der Waals surface area contributed by atoms with Crippen LogP contribution < -0.4 is 9.47 Å².